The zero-order valence-electron chi connectivity index (χ0n) is 12.8. The van der Waals surface area contributed by atoms with Crippen molar-refractivity contribution in [1.29, 1.82) is 0 Å². The van der Waals surface area contributed by atoms with Crippen LogP contribution in [-0.4, -0.2) is 18.1 Å². The van der Waals surface area contributed by atoms with Crippen molar-refractivity contribution < 1.29 is 23.1 Å². The second kappa shape index (κ2) is 8.64. The highest BCUT2D eigenvalue weighted by atomic mass is 19.4. The fourth-order valence-electron chi connectivity index (χ4n) is 2.97. The lowest BCUT2D eigenvalue weighted by Gasteiger charge is -2.28. The van der Waals surface area contributed by atoms with Gasteiger partial charge in [-0.3, -0.25) is 4.79 Å². The van der Waals surface area contributed by atoms with Crippen molar-refractivity contribution >= 4 is 5.97 Å². The summed E-state index contributed by atoms with van der Waals surface area (Å²) in [4.78, 5) is 19.3. The largest absolute Gasteiger partial charge is 0.481 e. The molecule has 0 radical (unpaired) electrons. The van der Waals surface area contributed by atoms with Crippen molar-refractivity contribution in [2.75, 3.05) is 7.05 Å². The molecule has 128 valence electrons. The minimum absolute atomic E-state index is 0.133. The Bertz CT molecular complexity index is 514. The molecule has 1 aromatic carbocycles. The Morgan fingerprint density at radius 1 is 1.26 bits per heavy atom. The van der Waals surface area contributed by atoms with Gasteiger partial charge in [-0.25, -0.2) is 0 Å². The summed E-state index contributed by atoms with van der Waals surface area (Å²) in [6, 6.07) is 5.26. The molecule has 1 aromatic rings. The first-order chi connectivity index (χ1) is 10.8. The lowest BCUT2D eigenvalue weighted by Crippen LogP contribution is -2.17. The average Bonchev–Trinajstić information content (AvgIpc) is 2.47. The summed E-state index contributed by atoms with van der Waals surface area (Å²) >= 11 is 0. The highest BCUT2D eigenvalue weighted by molar-refractivity contribution is 5.67. The van der Waals surface area contributed by atoms with E-state index in [9.17, 15) is 18.0 Å². The number of halogens is 3. The second-order valence-electron chi connectivity index (χ2n) is 5.63. The molecule has 4 nitrogen and oxygen atoms in total. The van der Waals surface area contributed by atoms with Gasteiger partial charge in [0.1, 0.15) is 0 Å². The Kier molecular flexibility index (Phi) is 7.19. The average molecular weight is 331 g/mol. The first-order valence-corrected chi connectivity index (χ1v) is 7.38. The van der Waals surface area contributed by atoms with Gasteiger partial charge in [-0.15, -0.1) is 0 Å². The molecule has 0 bridgehead atoms. The lowest BCUT2D eigenvalue weighted by molar-refractivity contribution is -0.139. The van der Waals surface area contributed by atoms with Crippen molar-refractivity contribution in [2.45, 2.75) is 44.2 Å². The molecule has 2 rings (SSSR count). The molecule has 2 atom stereocenters. The number of carboxylic acids is 1. The third-order valence-electron chi connectivity index (χ3n) is 3.96. The smallest absolute Gasteiger partial charge is 0.416 e. The van der Waals surface area contributed by atoms with Crippen LogP contribution in [0, 0.1) is 10.8 Å². The summed E-state index contributed by atoms with van der Waals surface area (Å²) in [6.07, 6.45) is -0.666. The van der Waals surface area contributed by atoms with E-state index in [0.717, 1.165) is 43.4 Å². The van der Waals surface area contributed by atoms with Gasteiger partial charge in [-0.2, -0.15) is 18.1 Å². The summed E-state index contributed by atoms with van der Waals surface area (Å²) in [7, 11) is 1.19. The first kappa shape index (κ1) is 19.1. The zero-order valence-corrected chi connectivity index (χ0v) is 12.8. The third-order valence-corrected chi connectivity index (χ3v) is 3.96. The van der Waals surface area contributed by atoms with Crippen LogP contribution < -0.4 is 0 Å². The van der Waals surface area contributed by atoms with E-state index in [1.54, 1.807) is 0 Å². The van der Waals surface area contributed by atoms with E-state index in [4.69, 9.17) is 10.0 Å². The minimum atomic E-state index is -4.31. The minimum Gasteiger partial charge on any atom is -0.481 e. The Balaban J connectivity index is 0.000000816. The van der Waals surface area contributed by atoms with Crippen LogP contribution >= 0.6 is 0 Å². The fraction of sp³-hybridized carbons (Fsp3) is 0.562. The maximum absolute atomic E-state index is 12.5. The number of rotatable bonds is 3. The summed E-state index contributed by atoms with van der Waals surface area (Å²) < 4.78 is 37.5. The van der Waals surface area contributed by atoms with Crippen LogP contribution in [0.2, 0.25) is 0 Å². The molecule has 1 fully saturated rings. The zero-order chi connectivity index (χ0) is 17.5. The molecule has 0 aliphatic heterocycles. The quantitative estimate of drug-likeness (QED) is 0.806. The molecule has 1 aliphatic carbocycles. The topological polar surface area (TPSA) is 66.7 Å². The van der Waals surface area contributed by atoms with Crippen LogP contribution in [0.1, 0.15) is 49.1 Å². The summed E-state index contributed by atoms with van der Waals surface area (Å²) in [5.41, 5.74) is 0.243. The molecule has 1 saturated carbocycles. The van der Waals surface area contributed by atoms with E-state index in [-0.39, 0.29) is 18.3 Å². The van der Waals surface area contributed by atoms with Crippen molar-refractivity contribution in [3.63, 3.8) is 0 Å². The van der Waals surface area contributed by atoms with Crippen LogP contribution in [0.3, 0.4) is 0 Å². The highest BCUT2D eigenvalue weighted by Crippen LogP contribution is 2.38. The molecule has 23 heavy (non-hydrogen) atoms. The number of nitrogens with zero attached hydrogens (tertiary/aromatic N) is 1. The Morgan fingerprint density at radius 3 is 2.30 bits per heavy atom. The number of benzene rings is 1. The monoisotopic (exact) mass is 331 g/mol. The Labute approximate surface area is 132 Å². The van der Waals surface area contributed by atoms with E-state index < -0.39 is 17.7 Å². The number of carboxylic acid groups (broad SMARTS) is 1. The summed E-state index contributed by atoms with van der Waals surface area (Å²) in [5.74, 6) is -0.494. The van der Waals surface area contributed by atoms with Crippen LogP contribution in [0.5, 0.6) is 0 Å². The van der Waals surface area contributed by atoms with Crippen LogP contribution in [0.25, 0.3) is 0 Å². The number of carbonyl (C=O) groups is 1. The predicted molar refractivity (Wildman–Crippen MR) is 80.1 cm³/mol. The van der Waals surface area contributed by atoms with E-state index in [2.05, 4.69) is 5.18 Å². The number of hydrogen-bond donors (Lipinski definition) is 1. The standard InChI is InChI=1S/C15H17F3O2.CH3NO/c16-15(17,18)13-6-4-11(5-7-13)12-3-1-2-10(8-12)9-14(19)20;1-2-3/h4-7,10,12H,1-3,8-9H2,(H,19,20);1H3. The van der Waals surface area contributed by atoms with Gasteiger partial charge in [0.25, 0.3) is 0 Å². The van der Waals surface area contributed by atoms with E-state index in [0.29, 0.717) is 0 Å². The third kappa shape index (κ3) is 6.38. The molecule has 0 heterocycles. The molecular formula is C16H20F3NO3. The number of hydrogen-bond acceptors (Lipinski definition) is 3. The molecular weight excluding hydrogens is 311 g/mol. The Morgan fingerprint density at radius 2 is 1.83 bits per heavy atom. The molecule has 0 amide bonds. The van der Waals surface area contributed by atoms with Gasteiger partial charge in [0.05, 0.1) is 12.6 Å². The van der Waals surface area contributed by atoms with Crippen LogP contribution in [0.4, 0.5) is 13.2 Å². The van der Waals surface area contributed by atoms with Crippen LogP contribution in [-0.2, 0) is 11.0 Å². The molecule has 0 spiro atoms. The van der Waals surface area contributed by atoms with Crippen molar-refractivity contribution in [2.24, 2.45) is 11.1 Å². The number of aliphatic carboxylic acids is 1. The summed E-state index contributed by atoms with van der Waals surface area (Å²) in [5, 5.41) is 11.1. The predicted octanol–water partition coefficient (Wildman–Crippen LogP) is 4.84. The number of nitroso groups, excluding NO2 is 1. The fourth-order valence-corrected chi connectivity index (χ4v) is 2.97. The van der Waals surface area contributed by atoms with Gasteiger partial charge in [0.15, 0.2) is 0 Å². The molecule has 0 aromatic heterocycles. The summed E-state index contributed by atoms with van der Waals surface area (Å²) in [6.45, 7) is 0. The molecule has 1 N–H and O–H groups in total. The molecule has 0 saturated heterocycles. The molecule has 7 heteroatoms. The lowest BCUT2D eigenvalue weighted by atomic mass is 9.77. The molecule has 1 aliphatic rings. The maximum Gasteiger partial charge on any atom is 0.416 e. The van der Waals surface area contributed by atoms with Crippen molar-refractivity contribution in [1.82, 2.24) is 0 Å². The SMILES string of the molecule is CN=O.O=C(O)CC1CCCC(c2ccc(C(F)(F)F)cc2)C1. The van der Waals surface area contributed by atoms with E-state index in [1.165, 1.54) is 19.2 Å². The Hall–Kier alpha value is -1.92. The molecule has 2 unspecified atom stereocenters. The van der Waals surface area contributed by atoms with Crippen molar-refractivity contribution in [3.8, 4) is 0 Å². The van der Waals surface area contributed by atoms with Crippen molar-refractivity contribution in [3.05, 3.63) is 40.3 Å². The van der Waals surface area contributed by atoms with Gasteiger partial charge < -0.3 is 5.11 Å². The van der Waals surface area contributed by atoms with Gasteiger partial charge in [-0.1, -0.05) is 23.7 Å². The first-order valence-electron chi connectivity index (χ1n) is 7.38. The van der Waals surface area contributed by atoms with Gasteiger partial charge in [-0.05, 0) is 48.8 Å². The van der Waals surface area contributed by atoms with Gasteiger partial charge in [0.2, 0.25) is 0 Å². The number of alkyl halides is 3. The van der Waals surface area contributed by atoms with Crippen LogP contribution in [0.15, 0.2) is 29.4 Å². The van der Waals surface area contributed by atoms with E-state index >= 15 is 0 Å². The van der Waals surface area contributed by atoms with Gasteiger partial charge in [0, 0.05) is 6.42 Å². The van der Waals surface area contributed by atoms with Gasteiger partial charge >= 0.3 is 12.1 Å². The second-order valence-corrected chi connectivity index (χ2v) is 5.63. The highest BCUT2D eigenvalue weighted by Gasteiger charge is 2.31. The maximum atomic E-state index is 12.5. The normalized spacial score (nSPS) is 21.0. The van der Waals surface area contributed by atoms with E-state index in [1.807, 2.05) is 0 Å².